The number of nitrogen functional groups attached to an aromatic ring is 1. The van der Waals surface area contributed by atoms with Gasteiger partial charge in [0.15, 0.2) is 0 Å². The normalized spacial score (nSPS) is 10.9. The minimum atomic E-state index is -0.609. The van der Waals surface area contributed by atoms with Crippen LogP contribution in [0.15, 0.2) is 35.3 Å². The maximum absolute atomic E-state index is 14.3. The van der Waals surface area contributed by atoms with Crippen molar-refractivity contribution < 1.29 is 9.18 Å². The van der Waals surface area contributed by atoms with Gasteiger partial charge in [0, 0.05) is 28.8 Å². The number of benzene rings is 1. The Balaban J connectivity index is 2.26. The molecule has 7 heteroatoms. The number of carbonyl (C=O) groups excluding carboxylic acids is 1. The number of nitrogens with zero attached hydrogens (tertiary/aromatic N) is 1. The third-order valence-corrected chi connectivity index (χ3v) is 4.13. The summed E-state index contributed by atoms with van der Waals surface area (Å²) in [6, 6.07) is 6.68. The van der Waals surface area contributed by atoms with E-state index in [-0.39, 0.29) is 11.3 Å². The number of hydrogen-bond donors (Lipinski definition) is 3. The van der Waals surface area contributed by atoms with Gasteiger partial charge in [0.05, 0.1) is 17.4 Å². The summed E-state index contributed by atoms with van der Waals surface area (Å²) in [4.78, 5) is 31.4. The zero-order chi connectivity index (χ0) is 18.8. The van der Waals surface area contributed by atoms with Gasteiger partial charge in [-0.25, -0.2) is 4.39 Å². The second kappa shape index (κ2) is 6.95. The summed E-state index contributed by atoms with van der Waals surface area (Å²) in [5.41, 5.74) is 7.27. The fourth-order valence-corrected chi connectivity index (χ4v) is 2.87. The molecule has 0 bridgehead atoms. The van der Waals surface area contributed by atoms with Gasteiger partial charge in [-0.15, -0.1) is 0 Å². The molecule has 0 spiro atoms. The van der Waals surface area contributed by atoms with Gasteiger partial charge in [-0.3, -0.25) is 14.6 Å². The highest BCUT2D eigenvalue weighted by Crippen LogP contribution is 2.31. The Bertz CT molecular complexity index is 1060. The van der Waals surface area contributed by atoms with Crippen LogP contribution in [0, 0.1) is 12.7 Å². The zero-order valence-corrected chi connectivity index (χ0v) is 14.5. The van der Waals surface area contributed by atoms with Crippen LogP contribution in [-0.2, 0) is 0 Å². The van der Waals surface area contributed by atoms with Crippen molar-refractivity contribution >= 4 is 22.5 Å². The zero-order valence-electron chi connectivity index (χ0n) is 14.5. The molecule has 3 rings (SSSR count). The van der Waals surface area contributed by atoms with Crippen LogP contribution >= 0.6 is 0 Å². The minimum absolute atomic E-state index is 0.0744. The summed E-state index contributed by atoms with van der Waals surface area (Å²) in [6.45, 7) is 4.10. The third-order valence-electron chi connectivity index (χ3n) is 4.13. The molecule has 2 heterocycles. The largest absolute Gasteiger partial charge is 0.397 e. The number of para-hydroxylation sites is 1. The predicted molar refractivity (Wildman–Crippen MR) is 99.5 cm³/mol. The first kappa shape index (κ1) is 17.6. The monoisotopic (exact) mass is 354 g/mol. The molecule has 0 saturated heterocycles. The lowest BCUT2D eigenvalue weighted by molar-refractivity contribution is 0.0953. The highest BCUT2D eigenvalue weighted by atomic mass is 19.1. The van der Waals surface area contributed by atoms with Crippen molar-refractivity contribution in [3.8, 4) is 11.1 Å². The van der Waals surface area contributed by atoms with E-state index in [1.807, 2.05) is 6.92 Å². The Morgan fingerprint density at radius 2 is 2.12 bits per heavy atom. The summed E-state index contributed by atoms with van der Waals surface area (Å²) < 4.78 is 14.3. The van der Waals surface area contributed by atoms with E-state index in [2.05, 4.69) is 15.3 Å². The molecule has 0 radical (unpaired) electrons. The fourth-order valence-electron chi connectivity index (χ4n) is 2.87. The van der Waals surface area contributed by atoms with Crippen molar-refractivity contribution in [1.82, 2.24) is 15.3 Å². The van der Waals surface area contributed by atoms with E-state index < -0.39 is 17.3 Å². The Kier molecular flexibility index (Phi) is 4.71. The van der Waals surface area contributed by atoms with E-state index in [1.165, 1.54) is 0 Å². The Morgan fingerprint density at radius 1 is 1.35 bits per heavy atom. The number of H-pyrrole nitrogens is 1. The standard InChI is InChI=1S/C19H19FN4O2/c1-3-7-22-18(25)15-16(21)12-6-4-5-11(17(12)24-19(15)26)13-8-10(2)23-9-14(13)20/h4-6,8-9H,3,7H2,1-2H3,(H,22,25)(H3,21,24,26). The molecule has 2 aromatic heterocycles. The fraction of sp³-hybridized carbons (Fsp3) is 0.211. The van der Waals surface area contributed by atoms with Gasteiger partial charge in [-0.1, -0.05) is 25.1 Å². The van der Waals surface area contributed by atoms with Crippen LogP contribution in [0.1, 0.15) is 29.4 Å². The molecule has 26 heavy (non-hydrogen) atoms. The highest BCUT2D eigenvalue weighted by molar-refractivity contribution is 6.08. The number of fused-ring (bicyclic) bond motifs is 1. The van der Waals surface area contributed by atoms with Crippen molar-refractivity contribution in [2.24, 2.45) is 0 Å². The van der Waals surface area contributed by atoms with E-state index in [9.17, 15) is 14.0 Å². The van der Waals surface area contributed by atoms with Crippen molar-refractivity contribution in [1.29, 1.82) is 0 Å². The molecule has 0 aliphatic heterocycles. The quantitative estimate of drug-likeness (QED) is 0.670. The first-order valence-corrected chi connectivity index (χ1v) is 8.29. The lowest BCUT2D eigenvalue weighted by Crippen LogP contribution is -2.31. The summed E-state index contributed by atoms with van der Waals surface area (Å²) in [7, 11) is 0. The van der Waals surface area contributed by atoms with Crippen molar-refractivity contribution in [3.63, 3.8) is 0 Å². The molecule has 0 unspecified atom stereocenters. The highest BCUT2D eigenvalue weighted by Gasteiger charge is 2.19. The van der Waals surface area contributed by atoms with E-state index >= 15 is 0 Å². The lowest BCUT2D eigenvalue weighted by Gasteiger charge is -2.12. The minimum Gasteiger partial charge on any atom is -0.397 e. The first-order chi connectivity index (χ1) is 12.4. The number of aromatic amines is 1. The number of nitrogens with two attached hydrogens (primary N) is 1. The van der Waals surface area contributed by atoms with Crippen LogP contribution < -0.4 is 16.6 Å². The van der Waals surface area contributed by atoms with Gasteiger partial charge in [0.25, 0.3) is 11.5 Å². The van der Waals surface area contributed by atoms with Crippen molar-refractivity contribution in [2.45, 2.75) is 20.3 Å². The molecule has 0 atom stereocenters. The molecule has 4 N–H and O–H groups in total. The average molecular weight is 354 g/mol. The van der Waals surface area contributed by atoms with Gasteiger partial charge in [-0.05, 0) is 19.4 Å². The molecular formula is C19H19FN4O2. The summed E-state index contributed by atoms with van der Waals surface area (Å²) in [5, 5.41) is 3.13. The number of carbonyl (C=O) groups is 1. The number of anilines is 1. The number of halogens is 1. The molecule has 1 aromatic carbocycles. The van der Waals surface area contributed by atoms with Crippen LogP contribution in [0.5, 0.6) is 0 Å². The van der Waals surface area contributed by atoms with Gasteiger partial charge in [0.1, 0.15) is 11.4 Å². The number of aromatic nitrogens is 2. The van der Waals surface area contributed by atoms with E-state index in [1.54, 1.807) is 31.2 Å². The summed E-state index contributed by atoms with van der Waals surface area (Å²) in [5.74, 6) is -1.03. The Hall–Kier alpha value is -3.22. The topological polar surface area (TPSA) is 101 Å². The molecule has 3 aromatic rings. The molecule has 0 aliphatic rings. The molecule has 0 aliphatic carbocycles. The van der Waals surface area contributed by atoms with Gasteiger partial charge in [0.2, 0.25) is 0 Å². The van der Waals surface area contributed by atoms with E-state index in [4.69, 9.17) is 5.73 Å². The number of aryl methyl sites for hydroxylation is 1. The number of pyridine rings is 2. The van der Waals surface area contributed by atoms with Crippen molar-refractivity contribution in [3.05, 3.63) is 57.9 Å². The SMILES string of the molecule is CCCNC(=O)c1c(N)c2cccc(-c3cc(C)ncc3F)c2[nH]c1=O. The van der Waals surface area contributed by atoms with Gasteiger partial charge in [-0.2, -0.15) is 0 Å². The third kappa shape index (κ3) is 3.03. The molecule has 1 amide bonds. The molecule has 0 fully saturated rings. The number of amides is 1. The number of hydrogen-bond acceptors (Lipinski definition) is 4. The molecule has 0 saturated carbocycles. The Morgan fingerprint density at radius 3 is 2.85 bits per heavy atom. The van der Waals surface area contributed by atoms with Crippen molar-refractivity contribution in [2.75, 3.05) is 12.3 Å². The Labute approximate surface area is 149 Å². The van der Waals surface area contributed by atoms with Crippen LogP contribution in [0.2, 0.25) is 0 Å². The second-order valence-electron chi connectivity index (χ2n) is 6.03. The van der Waals surface area contributed by atoms with Crippen LogP contribution in [0.3, 0.4) is 0 Å². The maximum Gasteiger partial charge on any atom is 0.263 e. The summed E-state index contributed by atoms with van der Waals surface area (Å²) >= 11 is 0. The maximum atomic E-state index is 14.3. The van der Waals surface area contributed by atoms with E-state index in [0.717, 1.165) is 12.6 Å². The average Bonchev–Trinajstić information content (AvgIpc) is 2.61. The van der Waals surface area contributed by atoms with Crippen LogP contribution in [-0.4, -0.2) is 22.4 Å². The lowest BCUT2D eigenvalue weighted by atomic mass is 9.99. The molecular weight excluding hydrogens is 335 g/mol. The first-order valence-electron chi connectivity index (χ1n) is 8.29. The van der Waals surface area contributed by atoms with E-state index in [0.29, 0.717) is 34.3 Å². The number of rotatable bonds is 4. The van der Waals surface area contributed by atoms with Crippen LogP contribution in [0.25, 0.3) is 22.0 Å². The summed E-state index contributed by atoms with van der Waals surface area (Å²) in [6.07, 6.45) is 1.87. The molecule has 6 nitrogen and oxygen atoms in total. The number of nitrogens with one attached hydrogen (secondary N) is 2. The smallest absolute Gasteiger partial charge is 0.263 e. The molecule has 134 valence electrons. The van der Waals surface area contributed by atoms with Gasteiger partial charge < -0.3 is 16.0 Å². The second-order valence-corrected chi connectivity index (χ2v) is 6.03. The van der Waals surface area contributed by atoms with Crippen LogP contribution in [0.4, 0.5) is 10.1 Å². The predicted octanol–water partition coefficient (Wildman–Crippen LogP) is 2.76. The van der Waals surface area contributed by atoms with Gasteiger partial charge >= 0.3 is 0 Å².